The molecule has 1 aliphatic carbocycles. The van der Waals surface area contributed by atoms with Crippen LogP contribution in [-0.4, -0.2) is 53.3 Å². The SMILES string of the molecule is CC(C)(C)[C@H]1CC[C@]2(CC1)CC(C(=O)N1CCN(c3ncccc3C(F)(F)F)CC1)=NO2. The van der Waals surface area contributed by atoms with Gasteiger partial charge in [0.05, 0.1) is 5.56 Å². The van der Waals surface area contributed by atoms with Gasteiger partial charge in [-0.3, -0.25) is 4.79 Å². The number of amides is 1. The van der Waals surface area contributed by atoms with Crippen molar-refractivity contribution >= 4 is 17.4 Å². The van der Waals surface area contributed by atoms with Gasteiger partial charge in [0, 0.05) is 38.8 Å². The predicted octanol–water partition coefficient (Wildman–Crippen LogP) is 4.50. The highest BCUT2D eigenvalue weighted by Gasteiger charge is 2.46. The normalized spacial score (nSPS) is 26.8. The molecule has 1 aromatic heterocycles. The van der Waals surface area contributed by atoms with E-state index >= 15 is 0 Å². The maximum Gasteiger partial charge on any atom is 0.419 e. The molecule has 2 aliphatic heterocycles. The first-order valence-corrected chi connectivity index (χ1v) is 11.3. The number of nitrogens with zero attached hydrogens (tertiary/aromatic N) is 4. The van der Waals surface area contributed by atoms with Gasteiger partial charge in [0.2, 0.25) is 0 Å². The van der Waals surface area contributed by atoms with Crippen LogP contribution < -0.4 is 4.90 Å². The van der Waals surface area contributed by atoms with Crippen LogP contribution in [0.5, 0.6) is 0 Å². The number of carbonyl (C=O) groups excluding carboxylic acids is 1. The molecule has 0 aromatic carbocycles. The van der Waals surface area contributed by atoms with Crippen LogP contribution in [0, 0.1) is 11.3 Å². The number of oxime groups is 1. The second-order valence-corrected chi connectivity index (χ2v) is 10.3. The first kappa shape index (κ1) is 22.9. The topological polar surface area (TPSA) is 58.0 Å². The van der Waals surface area contributed by atoms with Gasteiger partial charge < -0.3 is 14.6 Å². The summed E-state index contributed by atoms with van der Waals surface area (Å²) in [5, 5.41) is 4.15. The molecule has 4 rings (SSSR count). The molecular formula is C23H31F3N4O2. The Morgan fingerprint density at radius 2 is 1.78 bits per heavy atom. The summed E-state index contributed by atoms with van der Waals surface area (Å²) in [7, 11) is 0. The van der Waals surface area contributed by atoms with Gasteiger partial charge in [-0.15, -0.1) is 0 Å². The molecule has 3 heterocycles. The van der Waals surface area contributed by atoms with Crippen LogP contribution in [0.4, 0.5) is 19.0 Å². The molecule has 9 heteroatoms. The Morgan fingerprint density at radius 1 is 1.12 bits per heavy atom. The van der Waals surface area contributed by atoms with Crippen LogP contribution in [-0.2, 0) is 15.8 Å². The van der Waals surface area contributed by atoms with E-state index < -0.39 is 11.7 Å². The van der Waals surface area contributed by atoms with Gasteiger partial charge in [0.15, 0.2) is 0 Å². The summed E-state index contributed by atoms with van der Waals surface area (Å²) in [4.78, 5) is 26.0. The molecule has 0 N–H and O–H groups in total. The van der Waals surface area contributed by atoms with Crippen LogP contribution in [0.25, 0.3) is 0 Å². The zero-order chi connectivity index (χ0) is 23.1. The molecule has 2 fully saturated rings. The summed E-state index contributed by atoms with van der Waals surface area (Å²) in [5.41, 5.74) is -0.425. The van der Waals surface area contributed by atoms with Crippen molar-refractivity contribution < 1.29 is 22.8 Å². The standard InChI is InChI=1S/C23H31F3N4O2/c1-21(2,3)16-6-8-22(9-7-16)15-18(28-32-22)20(31)30-13-11-29(12-14-30)19-17(23(24,25)26)5-4-10-27-19/h4-5,10,16H,6-9,11-15H2,1-3H3/t16-,22-. The summed E-state index contributed by atoms with van der Waals surface area (Å²) in [6.45, 7) is 8.02. The van der Waals surface area contributed by atoms with Crippen LogP contribution in [0.1, 0.15) is 58.4 Å². The number of piperazine rings is 1. The van der Waals surface area contributed by atoms with Gasteiger partial charge in [-0.1, -0.05) is 25.9 Å². The highest BCUT2D eigenvalue weighted by atomic mass is 19.4. The van der Waals surface area contributed by atoms with Crippen molar-refractivity contribution in [2.45, 2.75) is 64.7 Å². The quantitative estimate of drug-likeness (QED) is 0.663. The van der Waals surface area contributed by atoms with Gasteiger partial charge >= 0.3 is 6.18 Å². The highest BCUT2D eigenvalue weighted by Crippen LogP contribution is 2.46. The number of rotatable bonds is 2. The second-order valence-electron chi connectivity index (χ2n) is 10.3. The van der Waals surface area contributed by atoms with E-state index in [0.29, 0.717) is 44.2 Å². The summed E-state index contributed by atoms with van der Waals surface area (Å²) in [6, 6.07) is 2.33. The Labute approximate surface area is 186 Å². The fourth-order valence-electron chi connectivity index (χ4n) is 5.09. The van der Waals surface area contributed by atoms with Crippen molar-refractivity contribution in [3.63, 3.8) is 0 Å². The minimum absolute atomic E-state index is 0.0804. The number of aromatic nitrogens is 1. The molecule has 1 aromatic rings. The maximum absolute atomic E-state index is 13.3. The van der Waals surface area contributed by atoms with Gasteiger partial charge in [0.1, 0.15) is 17.1 Å². The molecule has 1 amide bonds. The molecule has 6 nitrogen and oxygen atoms in total. The molecule has 3 aliphatic rings. The van der Waals surface area contributed by atoms with E-state index in [2.05, 4.69) is 30.9 Å². The van der Waals surface area contributed by atoms with Crippen molar-refractivity contribution in [1.29, 1.82) is 0 Å². The summed E-state index contributed by atoms with van der Waals surface area (Å²) >= 11 is 0. The molecule has 32 heavy (non-hydrogen) atoms. The van der Waals surface area contributed by atoms with Crippen molar-refractivity contribution in [3.05, 3.63) is 23.9 Å². The van der Waals surface area contributed by atoms with Crippen molar-refractivity contribution in [2.24, 2.45) is 16.5 Å². The lowest BCUT2D eigenvalue weighted by Crippen LogP contribution is -2.51. The molecule has 0 unspecified atom stereocenters. The predicted molar refractivity (Wildman–Crippen MR) is 115 cm³/mol. The number of pyridine rings is 1. The molecule has 0 radical (unpaired) electrons. The third-order valence-corrected chi connectivity index (χ3v) is 7.17. The third kappa shape index (κ3) is 4.57. The monoisotopic (exact) mass is 452 g/mol. The van der Waals surface area contributed by atoms with E-state index in [1.807, 2.05) is 0 Å². The Kier molecular flexibility index (Phi) is 5.88. The molecule has 1 spiro atoms. The molecule has 1 saturated heterocycles. The second kappa shape index (κ2) is 8.23. The van der Waals surface area contributed by atoms with E-state index in [1.54, 1.807) is 9.80 Å². The number of hydrogen-bond donors (Lipinski definition) is 0. The molecule has 0 atom stereocenters. The summed E-state index contributed by atoms with van der Waals surface area (Å²) in [6.07, 6.45) is 1.32. The Bertz CT molecular complexity index is 878. The number of carbonyl (C=O) groups is 1. The minimum atomic E-state index is -4.47. The molecule has 0 bridgehead atoms. The third-order valence-electron chi connectivity index (χ3n) is 7.17. The Balaban J connectivity index is 1.34. The Hall–Kier alpha value is -2.32. The zero-order valence-electron chi connectivity index (χ0n) is 18.9. The van der Waals surface area contributed by atoms with Gasteiger partial charge in [0.25, 0.3) is 5.91 Å². The molecule has 1 saturated carbocycles. The smallest absolute Gasteiger partial charge is 0.388 e. The summed E-state index contributed by atoms with van der Waals surface area (Å²) in [5.74, 6) is 0.387. The van der Waals surface area contributed by atoms with E-state index in [0.717, 1.165) is 31.7 Å². The van der Waals surface area contributed by atoms with E-state index in [9.17, 15) is 18.0 Å². The van der Waals surface area contributed by atoms with Gasteiger partial charge in [-0.2, -0.15) is 13.2 Å². The summed E-state index contributed by atoms with van der Waals surface area (Å²) < 4.78 is 39.9. The average Bonchev–Trinajstić information content (AvgIpc) is 3.16. The lowest BCUT2D eigenvalue weighted by atomic mass is 9.67. The average molecular weight is 453 g/mol. The van der Waals surface area contributed by atoms with Crippen LogP contribution in [0.3, 0.4) is 0 Å². The van der Waals surface area contributed by atoms with E-state index in [4.69, 9.17) is 4.84 Å². The number of anilines is 1. The number of hydrogen-bond acceptors (Lipinski definition) is 5. The molecule has 176 valence electrons. The van der Waals surface area contributed by atoms with E-state index in [-0.39, 0.29) is 22.7 Å². The fraction of sp³-hybridized carbons (Fsp3) is 0.696. The lowest BCUT2D eigenvalue weighted by Gasteiger charge is -2.40. The van der Waals surface area contributed by atoms with Gasteiger partial charge in [-0.05, 0) is 49.1 Å². The largest absolute Gasteiger partial charge is 0.419 e. The molecular weight excluding hydrogens is 421 g/mol. The first-order chi connectivity index (χ1) is 15.0. The van der Waals surface area contributed by atoms with Crippen molar-refractivity contribution in [3.8, 4) is 0 Å². The van der Waals surface area contributed by atoms with Gasteiger partial charge in [-0.25, -0.2) is 4.98 Å². The van der Waals surface area contributed by atoms with Crippen LogP contribution in [0.15, 0.2) is 23.5 Å². The fourth-order valence-corrected chi connectivity index (χ4v) is 5.09. The minimum Gasteiger partial charge on any atom is -0.388 e. The highest BCUT2D eigenvalue weighted by molar-refractivity contribution is 6.39. The number of alkyl halides is 3. The first-order valence-electron chi connectivity index (χ1n) is 11.3. The maximum atomic E-state index is 13.3. The number of halogens is 3. The van der Waals surface area contributed by atoms with Crippen LogP contribution >= 0.6 is 0 Å². The Morgan fingerprint density at radius 3 is 2.38 bits per heavy atom. The van der Waals surface area contributed by atoms with Crippen molar-refractivity contribution in [1.82, 2.24) is 9.88 Å². The van der Waals surface area contributed by atoms with E-state index in [1.165, 1.54) is 12.3 Å². The lowest BCUT2D eigenvalue weighted by molar-refractivity contribution is -0.137. The zero-order valence-corrected chi connectivity index (χ0v) is 18.9. The van der Waals surface area contributed by atoms with Crippen LogP contribution in [0.2, 0.25) is 0 Å². The van der Waals surface area contributed by atoms with Crippen molar-refractivity contribution in [2.75, 3.05) is 31.1 Å².